The topological polar surface area (TPSA) is 222 Å². The second-order valence-electron chi connectivity index (χ2n) is 17.5. The van der Waals surface area contributed by atoms with E-state index in [-0.39, 0.29) is 73.3 Å². The van der Waals surface area contributed by atoms with Crippen LogP contribution in [0.2, 0.25) is 0 Å². The number of hydrogen-bond acceptors (Lipinski definition) is 12. The van der Waals surface area contributed by atoms with Crippen LogP contribution in [0.4, 0.5) is 5.82 Å². The molecule has 1 saturated heterocycles. The maximum Gasteiger partial charge on any atom is 0.246 e. The zero-order chi connectivity index (χ0) is 44.4. The van der Waals surface area contributed by atoms with Crippen molar-refractivity contribution >= 4 is 40.8 Å². The van der Waals surface area contributed by atoms with Crippen molar-refractivity contribution in [2.75, 3.05) is 12.3 Å². The average Bonchev–Trinajstić information content (AvgIpc) is 3.84. The highest BCUT2D eigenvalue weighted by molar-refractivity contribution is 7.13. The van der Waals surface area contributed by atoms with E-state index >= 15 is 0 Å². The number of nitrogen functional groups attached to an aromatic ring is 1. The molecule has 2 aromatic heterocycles. The number of para-hydroxylation sites is 1. The largest absolute Gasteiger partial charge is 0.507 e. The number of aliphatic hydroxyl groups excluding tert-OH is 1. The lowest BCUT2D eigenvalue weighted by atomic mass is 9.85. The highest BCUT2D eigenvalue weighted by atomic mass is 32.1. The lowest BCUT2D eigenvalue weighted by Gasteiger charge is -2.36. The molecule has 1 saturated carbocycles. The molecule has 332 valence electrons. The van der Waals surface area contributed by atoms with Gasteiger partial charge in [0.1, 0.15) is 29.6 Å². The van der Waals surface area contributed by atoms with Crippen molar-refractivity contribution < 1.29 is 34.1 Å². The molecule has 1 aliphatic heterocycles. The number of benzene rings is 2. The molecule has 0 unspecified atom stereocenters. The fourth-order valence-electron chi connectivity index (χ4n) is 7.85. The number of aliphatic hydroxyl groups is 1. The molecule has 3 heterocycles. The number of aryl methyl sites for hydroxylation is 1. The third-order valence-corrected chi connectivity index (χ3v) is 12.5. The molecule has 6 rings (SSSR count). The standard InChI is InChI=1S/C46H60N8O7S/c1-28-41(62-27-49-28)30-19-17-29(18-20-30)25-48-44(59)36-23-32(55)26-54(36)45(60)42(46(2,3)4)51-40(58)16-10-8-6-5-7-9-15-39(57)50-31-21-33(22-31)61-38-24-35(52-53-43(38)47)34-13-11-12-14-37(34)56/h11-14,17-20,24,27,31-33,36,42,55-56H,5-10,15-16,21-23,25-26H2,1-4H3,(H2,47,53)(H,48,59)(H,50,57)(H,51,58)/t31?,32-,33?,36+,42-/m1/s1. The molecule has 2 aliphatic rings. The number of nitrogens with one attached hydrogen (secondary N) is 3. The number of ether oxygens (including phenoxy) is 1. The minimum absolute atomic E-state index is 0.0135. The van der Waals surface area contributed by atoms with Gasteiger partial charge in [-0.2, -0.15) is 0 Å². The van der Waals surface area contributed by atoms with Crippen molar-refractivity contribution in [3.8, 4) is 33.2 Å². The number of rotatable bonds is 19. The van der Waals surface area contributed by atoms with Gasteiger partial charge in [-0.15, -0.1) is 21.5 Å². The molecule has 7 N–H and O–H groups in total. The number of carbonyl (C=O) groups is 4. The summed E-state index contributed by atoms with van der Waals surface area (Å²) < 4.78 is 6.04. The van der Waals surface area contributed by atoms with Crippen LogP contribution in [0.3, 0.4) is 0 Å². The summed E-state index contributed by atoms with van der Waals surface area (Å²) in [5.41, 5.74) is 11.1. The lowest BCUT2D eigenvalue weighted by molar-refractivity contribution is -0.144. The molecule has 0 radical (unpaired) electrons. The van der Waals surface area contributed by atoms with Crippen LogP contribution in [-0.2, 0) is 25.7 Å². The fraction of sp³-hybridized carbons (Fsp3) is 0.500. The van der Waals surface area contributed by atoms with Crippen molar-refractivity contribution in [1.82, 2.24) is 36.0 Å². The van der Waals surface area contributed by atoms with Crippen molar-refractivity contribution in [2.24, 2.45) is 5.41 Å². The Balaban J connectivity index is 0.846. The van der Waals surface area contributed by atoms with Crippen LogP contribution in [0, 0.1) is 12.3 Å². The maximum atomic E-state index is 14.0. The Morgan fingerprint density at radius 2 is 1.61 bits per heavy atom. The fourth-order valence-corrected chi connectivity index (χ4v) is 8.66. The molecular formula is C46H60N8O7S. The Morgan fingerprint density at radius 3 is 2.27 bits per heavy atom. The number of aromatic nitrogens is 3. The number of anilines is 1. The van der Waals surface area contributed by atoms with Gasteiger partial charge in [0, 0.05) is 62.9 Å². The molecule has 62 heavy (non-hydrogen) atoms. The van der Waals surface area contributed by atoms with E-state index in [1.165, 1.54) is 4.90 Å². The number of carbonyl (C=O) groups excluding carboxylic acids is 4. The minimum Gasteiger partial charge on any atom is -0.507 e. The SMILES string of the molecule is Cc1ncsc1-c1ccc(CNC(=O)[C@@H]2C[C@@H](O)CN2C(=O)[C@@H](NC(=O)CCCCCCCCC(=O)NC2CC(Oc3cc(-c4ccccc4O)nnc3N)C2)C(C)(C)C)cc1. The van der Waals surface area contributed by atoms with Crippen LogP contribution in [-0.4, -0.2) is 90.8 Å². The predicted octanol–water partition coefficient (Wildman–Crippen LogP) is 5.82. The minimum atomic E-state index is -0.871. The van der Waals surface area contributed by atoms with E-state index in [0.717, 1.165) is 53.8 Å². The van der Waals surface area contributed by atoms with Crippen LogP contribution in [0.15, 0.2) is 60.1 Å². The Kier molecular flexibility index (Phi) is 15.5. The predicted molar refractivity (Wildman–Crippen MR) is 238 cm³/mol. The number of hydrogen-bond donors (Lipinski definition) is 6. The zero-order valence-corrected chi connectivity index (χ0v) is 36.9. The maximum absolute atomic E-state index is 14.0. The Morgan fingerprint density at radius 1 is 0.935 bits per heavy atom. The first kappa shape index (κ1) is 45.9. The number of nitrogens with two attached hydrogens (primary N) is 1. The summed E-state index contributed by atoms with van der Waals surface area (Å²) in [5, 5.41) is 37.7. The molecule has 1 aliphatic carbocycles. The summed E-state index contributed by atoms with van der Waals surface area (Å²) in [6.45, 7) is 7.89. The zero-order valence-electron chi connectivity index (χ0n) is 36.1. The van der Waals surface area contributed by atoms with Gasteiger partial charge in [0.05, 0.1) is 22.2 Å². The quantitative estimate of drug-likeness (QED) is 0.0617. The summed E-state index contributed by atoms with van der Waals surface area (Å²) in [6, 6.07) is 14.7. The number of nitrogens with zero attached hydrogens (tertiary/aromatic N) is 4. The number of phenols is 1. The van der Waals surface area contributed by atoms with Gasteiger partial charge in [0.15, 0.2) is 11.6 Å². The molecule has 0 spiro atoms. The molecule has 4 aromatic rings. The van der Waals surface area contributed by atoms with E-state index in [2.05, 4.69) is 31.1 Å². The molecule has 0 bridgehead atoms. The summed E-state index contributed by atoms with van der Waals surface area (Å²) in [7, 11) is 0. The van der Waals surface area contributed by atoms with E-state index in [1.807, 2.05) is 57.5 Å². The smallest absolute Gasteiger partial charge is 0.246 e. The second-order valence-corrected chi connectivity index (χ2v) is 18.4. The van der Waals surface area contributed by atoms with Gasteiger partial charge >= 0.3 is 0 Å². The normalized spacial score (nSPS) is 19.0. The van der Waals surface area contributed by atoms with Crippen molar-refractivity contribution in [3.05, 3.63) is 71.4 Å². The average molecular weight is 869 g/mol. The number of amides is 4. The molecule has 4 amide bonds. The van der Waals surface area contributed by atoms with Crippen LogP contribution in [0.25, 0.3) is 21.7 Å². The van der Waals surface area contributed by atoms with Crippen molar-refractivity contribution in [2.45, 2.75) is 135 Å². The summed E-state index contributed by atoms with van der Waals surface area (Å²) in [6.07, 6.45) is 6.24. The molecule has 3 atom stereocenters. The first-order chi connectivity index (χ1) is 29.7. The third kappa shape index (κ3) is 12.3. The van der Waals surface area contributed by atoms with E-state index in [1.54, 1.807) is 41.7 Å². The van der Waals surface area contributed by atoms with Crippen LogP contribution in [0.1, 0.15) is 103 Å². The molecule has 16 heteroatoms. The van der Waals surface area contributed by atoms with Gasteiger partial charge in [-0.25, -0.2) is 4.98 Å². The van der Waals surface area contributed by atoms with Gasteiger partial charge in [-0.3, -0.25) is 19.2 Å². The van der Waals surface area contributed by atoms with Crippen LogP contribution < -0.4 is 26.4 Å². The monoisotopic (exact) mass is 868 g/mol. The number of likely N-dealkylation sites (tertiary alicyclic amines) is 1. The lowest BCUT2D eigenvalue weighted by Crippen LogP contribution is -2.57. The van der Waals surface area contributed by atoms with Gasteiger partial charge < -0.3 is 41.5 Å². The van der Waals surface area contributed by atoms with Gasteiger partial charge in [-0.05, 0) is 48.4 Å². The Bertz CT molecular complexity index is 2170. The summed E-state index contributed by atoms with van der Waals surface area (Å²) >= 11 is 1.58. The van der Waals surface area contributed by atoms with Gasteiger partial charge in [0.2, 0.25) is 23.6 Å². The molecule has 2 aromatic carbocycles. The molecular weight excluding hydrogens is 809 g/mol. The number of phenolic OH excluding ortho intramolecular Hbond substituents is 1. The Hall–Kier alpha value is -5.61. The van der Waals surface area contributed by atoms with E-state index < -0.39 is 23.6 Å². The molecule has 2 fully saturated rings. The first-order valence-electron chi connectivity index (χ1n) is 21.6. The number of thiazole rings is 1. The molecule has 15 nitrogen and oxygen atoms in total. The van der Waals surface area contributed by atoms with E-state index in [9.17, 15) is 29.4 Å². The van der Waals surface area contributed by atoms with Crippen molar-refractivity contribution in [3.63, 3.8) is 0 Å². The second kappa shape index (κ2) is 21.0. The van der Waals surface area contributed by atoms with Gasteiger partial charge in [0.25, 0.3) is 0 Å². The first-order valence-corrected chi connectivity index (χ1v) is 22.5. The third-order valence-electron chi connectivity index (χ3n) is 11.5. The van der Waals surface area contributed by atoms with Gasteiger partial charge in [-0.1, -0.05) is 82.9 Å². The highest BCUT2D eigenvalue weighted by Crippen LogP contribution is 2.34. The van der Waals surface area contributed by atoms with Crippen LogP contribution >= 0.6 is 11.3 Å². The highest BCUT2D eigenvalue weighted by Gasteiger charge is 2.44. The summed E-state index contributed by atoms with van der Waals surface area (Å²) in [4.78, 5) is 59.9. The number of unbranched alkanes of at least 4 members (excludes halogenated alkanes) is 5. The van der Waals surface area contributed by atoms with E-state index in [4.69, 9.17) is 10.5 Å². The van der Waals surface area contributed by atoms with Crippen LogP contribution in [0.5, 0.6) is 11.5 Å². The van der Waals surface area contributed by atoms with E-state index in [0.29, 0.717) is 42.7 Å². The number of aromatic hydroxyl groups is 1. The van der Waals surface area contributed by atoms with Crippen molar-refractivity contribution in [1.29, 1.82) is 0 Å². The number of β-amino-alcohol motifs (C(OH)–C–C–N with tert-alkyl or cyclic N) is 1. The Labute approximate surface area is 367 Å². The summed E-state index contributed by atoms with van der Waals surface area (Å²) in [5.74, 6) is -0.296.